The summed E-state index contributed by atoms with van der Waals surface area (Å²) in [5.41, 5.74) is 0.949. The van der Waals surface area contributed by atoms with Gasteiger partial charge in [0.05, 0.1) is 11.5 Å². The first-order valence-electron chi connectivity index (χ1n) is 3.78. The molecule has 1 heterocycles. The molecule has 0 spiro atoms. The molecule has 0 radical (unpaired) electrons. The number of ether oxygens (including phenoxy) is 1. The van der Waals surface area contributed by atoms with Crippen molar-refractivity contribution in [1.82, 2.24) is 0 Å². The maximum Gasteiger partial charge on any atom is 0.311 e. The van der Waals surface area contributed by atoms with E-state index in [0.29, 0.717) is 12.4 Å². The zero-order valence-corrected chi connectivity index (χ0v) is 8.20. The van der Waals surface area contributed by atoms with Crippen molar-refractivity contribution >= 4 is 21.6 Å². The Morgan fingerprint density at radius 3 is 3.00 bits per heavy atom. The SMILES string of the molecule is O=[N+]([O-])c1ccc(Br)c2c1OCC2. The fourth-order valence-electron chi connectivity index (χ4n) is 1.38. The maximum absolute atomic E-state index is 10.6. The number of rotatable bonds is 1. The van der Waals surface area contributed by atoms with Gasteiger partial charge < -0.3 is 4.74 Å². The minimum absolute atomic E-state index is 0.0516. The second kappa shape index (κ2) is 2.99. The van der Waals surface area contributed by atoms with Crippen LogP contribution in [0, 0.1) is 10.1 Å². The number of hydrogen-bond acceptors (Lipinski definition) is 3. The third-order valence-electron chi connectivity index (χ3n) is 1.98. The molecule has 4 nitrogen and oxygen atoms in total. The Kier molecular flexibility index (Phi) is 1.95. The fraction of sp³-hybridized carbons (Fsp3) is 0.250. The molecule has 1 aliphatic rings. The van der Waals surface area contributed by atoms with Crippen molar-refractivity contribution in [3.63, 3.8) is 0 Å². The van der Waals surface area contributed by atoms with Crippen molar-refractivity contribution in [2.75, 3.05) is 6.61 Å². The molecule has 0 aromatic heterocycles. The van der Waals surface area contributed by atoms with Gasteiger partial charge in [0.25, 0.3) is 0 Å². The van der Waals surface area contributed by atoms with Crippen LogP contribution < -0.4 is 4.74 Å². The van der Waals surface area contributed by atoms with E-state index in [0.717, 1.165) is 16.5 Å². The van der Waals surface area contributed by atoms with Crippen LogP contribution in [0.5, 0.6) is 5.75 Å². The van der Waals surface area contributed by atoms with Crippen LogP contribution >= 0.6 is 15.9 Å². The molecule has 0 saturated heterocycles. The Labute approximate surface area is 82.8 Å². The lowest BCUT2D eigenvalue weighted by Gasteiger charge is -2.01. The van der Waals surface area contributed by atoms with Crippen LogP contribution in [-0.2, 0) is 6.42 Å². The Balaban J connectivity index is 2.62. The summed E-state index contributed by atoms with van der Waals surface area (Å²) < 4.78 is 6.08. The Morgan fingerprint density at radius 1 is 1.54 bits per heavy atom. The van der Waals surface area contributed by atoms with Gasteiger partial charge in [0, 0.05) is 22.5 Å². The molecule has 1 aliphatic heterocycles. The highest BCUT2D eigenvalue weighted by Gasteiger charge is 2.25. The highest BCUT2D eigenvalue weighted by molar-refractivity contribution is 9.10. The molecule has 2 rings (SSSR count). The first kappa shape index (κ1) is 8.50. The summed E-state index contributed by atoms with van der Waals surface area (Å²) in [6.07, 6.45) is 0.734. The molecule has 13 heavy (non-hydrogen) atoms. The van der Waals surface area contributed by atoms with Gasteiger partial charge in [0.2, 0.25) is 5.75 Å². The molecule has 68 valence electrons. The van der Waals surface area contributed by atoms with Gasteiger partial charge in [-0.15, -0.1) is 0 Å². The summed E-state index contributed by atoms with van der Waals surface area (Å²) in [6, 6.07) is 3.14. The van der Waals surface area contributed by atoms with Crippen molar-refractivity contribution in [2.24, 2.45) is 0 Å². The van der Waals surface area contributed by atoms with Gasteiger partial charge in [-0.1, -0.05) is 15.9 Å². The number of nitro groups is 1. The van der Waals surface area contributed by atoms with Crippen LogP contribution in [0.1, 0.15) is 5.56 Å². The van der Waals surface area contributed by atoms with Gasteiger partial charge in [0.1, 0.15) is 0 Å². The zero-order valence-electron chi connectivity index (χ0n) is 6.62. The summed E-state index contributed by atoms with van der Waals surface area (Å²) in [6.45, 7) is 0.527. The van der Waals surface area contributed by atoms with Crippen LogP contribution in [-0.4, -0.2) is 11.5 Å². The van der Waals surface area contributed by atoms with Crippen LogP contribution in [0.25, 0.3) is 0 Å². The minimum atomic E-state index is -0.420. The molecule has 0 fully saturated rings. The van der Waals surface area contributed by atoms with E-state index in [4.69, 9.17) is 4.74 Å². The second-order valence-corrected chi connectivity index (χ2v) is 3.58. The summed E-state index contributed by atoms with van der Waals surface area (Å²) >= 11 is 3.33. The molecule has 0 bridgehead atoms. The topological polar surface area (TPSA) is 52.4 Å². The molecule has 0 unspecified atom stereocenters. The Hall–Kier alpha value is -1.10. The van der Waals surface area contributed by atoms with Crippen LogP contribution in [0.2, 0.25) is 0 Å². The van der Waals surface area contributed by atoms with E-state index in [1.54, 1.807) is 6.07 Å². The number of fused-ring (bicyclic) bond motifs is 1. The highest BCUT2D eigenvalue weighted by atomic mass is 79.9. The quantitative estimate of drug-likeness (QED) is 0.562. The predicted molar refractivity (Wildman–Crippen MR) is 50.0 cm³/mol. The van der Waals surface area contributed by atoms with Crippen molar-refractivity contribution in [1.29, 1.82) is 0 Å². The van der Waals surface area contributed by atoms with Crippen LogP contribution in [0.3, 0.4) is 0 Å². The summed E-state index contributed by atoms with van der Waals surface area (Å²) in [4.78, 5) is 10.2. The highest BCUT2D eigenvalue weighted by Crippen LogP contribution is 2.39. The van der Waals surface area contributed by atoms with E-state index in [9.17, 15) is 10.1 Å². The average Bonchev–Trinajstić information content (AvgIpc) is 2.53. The average molecular weight is 244 g/mol. The normalized spacial score (nSPS) is 13.6. The molecule has 0 aliphatic carbocycles. The molecular formula is C8H6BrNO3. The fourth-order valence-corrected chi connectivity index (χ4v) is 1.89. The number of nitro benzene ring substituents is 1. The first-order chi connectivity index (χ1) is 6.20. The van der Waals surface area contributed by atoms with Crippen molar-refractivity contribution in [3.05, 3.63) is 32.3 Å². The third kappa shape index (κ3) is 1.29. The summed E-state index contributed by atoms with van der Waals surface area (Å²) in [5, 5.41) is 10.6. The minimum Gasteiger partial charge on any atom is -0.486 e. The molecule has 1 aromatic rings. The second-order valence-electron chi connectivity index (χ2n) is 2.73. The van der Waals surface area contributed by atoms with E-state index in [1.807, 2.05) is 0 Å². The predicted octanol–water partition coefficient (Wildman–Crippen LogP) is 2.29. The lowest BCUT2D eigenvalue weighted by atomic mass is 10.1. The van der Waals surface area contributed by atoms with Gasteiger partial charge in [-0.3, -0.25) is 10.1 Å². The van der Waals surface area contributed by atoms with E-state index in [1.165, 1.54) is 6.07 Å². The largest absolute Gasteiger partial charge is 0.486 e. The van der Waals surface area contributed by atoms with Gasteiger partial charge in [0.15, 0.2) is 0 Å². The van der Waals surface area contributed by atoms with Crippen molar-refractivity contribution < 1.29 is 9.66 Å². The molecule has 0 N–H and O–H groups in total. The number of hydrogen-bond donors (Lipinski definition) is 0. The molecule has 5 heteroatoms. The summed E-state index contributed by atoms with van der Waals surface area (Å²) in [5.74, 6) is 0.416. The van der Waals surface area contributed by atoms with Crippen molar-refractivity contribution in [2.45, 2.75) is 6.42 Å². The lowest BCUT2D eigenvalue weighted by molar-refractivity contribution is -0.385. The van der Waals surface area contributed by atoms with E-state index in [-0.39, 0.29) is 5.69 Å². The molecule has 1 aromatic carbocycles. The number of nitrogens with zero attached hydrogens (tertiary/aromatic N) is 1. The molecule has 0 saturated carbocycles. The van der Waals surface area contributed by atoms with E-state index < -0.39 is 4.92 Å². The number of benzene rings is 1. The van der Waals surface area contributed by atoms with E-state index >= 15 is 0 Å². The van der Waals surface area contributed by atoms with Crippen molar-refractivity contribution in [3.8, 4) is 5.75 Å². The van der Waals surface area contributed by atoms with Gasteiger partial charge in [-0.25, -0.2) is 0 Å². The van der Waals surface area contributed by atoms with E-state index in [2.05, 4.69) is 15.9 Å². The lowest BCUT2D eigenvalue weighted by Crippen LogP contribution is -1.93. The Morgan fingerprint density at radius 2 is 2.31 bits per heavy atom. The van der Waals surface area contributed by atoms with Gasteiger partial charge >= 0.3 is 5.69 Å². The van der Waals surface area contributed by atoms with Crippen LogP contribution in [0.15, 0.2) is 16.6 Å². The molecule has 0 atom stereocenters. The monoisotopic (exact) mass is 243 g/mol. The maximum atomic E-state index is 10.6. The number of halogens is 1. The smallest absolute Gasteiger partial charge is 0.311 e. The standard InChI is InChI=1S/C8H6BrNO3/c9-6-1-2-7(10(11)12)8-5(6)3-4-13-8/h1-2H,3-4H2. The van der Waals surface area contributed by atoms with Crippen LogP contribution in [0.4, 0.5) is 5.69 Å². The molecular weight excluding hydrogens is 238 g/mol. The van der Waals surface area contributed by atoms with Gasteiger partial charge in [-0.2, -0.15) is 0 Å². The molecule has 0 amide bonds. The third-order valence-corrected chi connectivity index (χ3v) is 2.72. The van der Waals surface area contributed by atoms with Gasteiger partial charge in [-0.05, 0) is 6.07 Å². The zero-order chi connectivity index (χ0) is 9.42. The Bertz CT molecular complexity index is 378. The first-order valence-corrected chi connectivity index (χ1v) is 4.58. The summed E-state index contributed by atoms with van der Waals surface area (Å²) in [7, 11) is 0.